The monoisotopic (exact) mass is 474 g/mol. The minimum atomic E-state index is -0.197. The molecule has 0 bridgehead atoms. The minimum Gasteiger partial charge on any atom is -0.490 e. The van der Waals surface area contributed by atoms with Crippen LogP contribution in [0.2, 0.25) is 0 Å². The van der Waals surface area contributed by atoms with Crippen molar-refractivity contribution >= 4 is 34.5 Å². The second kappa shape index (κ2) is 12.3. The van der Waals surface area contributed by atoms with E-state index in [1.54, 1.807) is 36.2 Å². The Morgan fingerprint density at radius 3 is 2.64 bits per heavy atom. The lowest BCUT2D eigenvalue weighted by Crippen LogP contribution is -2.27. The Kier molecular flexibility index (Phi) is 9.14. The van der Waals surface area contributed by atoms with Gasteiger partial charge in [-0.15, -0.1) is 0 Å². The Labute approximate surface area is 197 Å². The van der Waals surface area contributed by atoms with Gasteiger partial charge in [-0.2, -0.15) is 5.10 Å². The Bertz CT molecular complexity index is 1070. The lowest BCUT2D eigenvalue weighted by molar-refractivity contribution is 0.0951. The van der Waals surface area contributed by atoms with Crippen molar-refractivity contribution in [2.75, 3.05) is 51.6 Å². The quantitative estimate of drug-likeness (QED) is 0.219. The van der Waals surface area contributed by atoms with E-state index in [2.05, 4.69) is 25.7 Å². The molecule has 0 spiro atoms. The number of hydrogen-bond acceptors (Lipinski definition) is 9. The number of benzene rings is 1. The molecule has 2 N–H and O–H groups in total. The zero-order valence-electron chi connectivity index (χ0n) is 19.4. The molecule has 11 heteroatoms. The molecule has 0 atom stereocenters. The van der Waals surface area contributed by atoms with Gasteiger partial charge in [0.05, 0.1) is 37.9 Å². The molecule has 10 nitrogen and oxygen atoms in total. The molecular weight excluding hydrogens is 444 g/mol. The van der Waals surface area contributed by atoms with Gasteiger partial charge in [0.2, 0.25) is 0 Å². The molecule has 0 saturated heterocycles. The highest BCUT2D eigenvalue weighted by Crippen LogP contribution is 2.28. The number of methoxy groups -OCH3 is 1. The van der Waals surface area contributed by atoms with Gasteiger partial charge >= 0.3 is 0 Å². The van der Waals surface area contributed by atoms with Gasteiger partial charge in [-0.1, -0.05) is 11.8 Å². The summed E-state index contributed by atoms with van der Waals surface area (Å²) in [5.74, 6) is 1.70. The third kappa shape index (κ3) is 6.26. The van der Waals surface area contributed by atoms with Crippen LogP contribution in [-0.2, 0) is 11.3 Å². The van der Waals surface area contributed by atoms with Crippen LogP contribution in [0.4, 0.5) is 5.82 Å². The van der Waals surface area contributed by atoms with E-state index in [1.807, 2.05) is 20.1 Å². The predicted molar refractivity (Wildman–Crippen MR) is 129 cm³/mol. The fourth-order valence-corrected chi connectivity index (χ4v) is 3.53. The van der Waals surface area contributed by atoms with E-state index in [-0.39, 0.29) is 5.91 Å². The summed E-state index contributed by atoms with van der Waals surface area (Å²) in [6, 6.07) is 5.18. The van der Waals surface area contributed by atoms with E-state index in [0.29, 0.717) is 67.3 Å². The van der Waals surface area contributed by atoms with Crippen molar-refractivity contribution in [3.05, 3.63) is 30.0 Å². The Morgan fingerprint density at radius 1 is 1.12 bits per heavy atom. The third-order valence-electron chi connectivity index (χ3n) is 4.67. The molecule has 0 aliphatic heterocycles. The molecule has 0 aliphatic carbocycles. The lowest BCUT2D eigenvalue weighted by Gasteiger charge is -2.12. The molecular formula is C22H30N6O4S. The first-order chi connectivity index (χ1) is 16.1. The molecule has 0 radical (unpaired) electrons. The number of ether oxygens (including phenoxy) is 3. The van der Waals surface area contributed by atoms with Crippen molar-refractivity contribution < 1.29 is 19.0 Å². The van der Waals surface area contributed by atoms with Crippen LogP contribution in [0.15, 0.2) is 29.6 Å². The zero-order valence-corrected chi connectivity index (χ0v) is 20.2. The molecule has 2 heterocycles. The third-order valence-corrected chi connectivity index (χ3v) is 5.22. The average Bonchev–Trinajstić information content (AvgIpc) is 3.23. The van der Waals surface area contributed by atoms with Crippen LogP contribution in [0.25, 0.3) is 11.0 Å². The maximum Gasteiger partial charge on any atom is 0.251 e. The summed E-state index contributed by atoms with van der Waals surface area (Å²) in [5.41, 5.74) is 1.21. The van der Waals surface area contributed by atoms with Gasteiger partial charge in [-0.05, 0) is 38.3 Å². The average molecular weight is 475 g/mol. The van der Waals surface area contributed by atoms with Crippen LogP contribution >= 0.6 is 11.8 Å². The second-order valence-corrected chi connectivity index (χ2v) is 7.64. The fraction of sp³-hybridized carbons (Fsp3) is 0.455. The molecule has 3 aromatic rings. The number of thioether (sulfide) groups is 1. The second-order valence-electron chi connectivity index (χ2n) is 6.87. The van der Waals surface area contributed by atoms with Crippen molar-refractivity contribution in [3.63, 3.8) is 0 Å². The standard InChI is InChI=1S/C22H30N6O4S/c1-5-31-17-8-7-15(13-18(17)32-6-2)21(29)24-9-11-28-20-16(14-25-28)19(23-10-12-30-3)26-22(27-20)33-4/h7-8,13-14H,5-6,9-12H2,1-4H3,(H,24,29)(H,23,26,27). The van der Waals surface area contributed by atoms with Gasteiger partial charge in [0.1, 0.15) is 5.82 Å². The van der Waals surface area contributed by atoms with Crippen molar-refractivity contribution in [2.45, 2.75) is 25.5 Å². The van der Waals surface area contributed by atoms with Crippen molar-refractivity contribution in [2.24, 2.45) is 0 Å². The molecule has 178 valence electrons. The van der Waals surface area contributed by atoms with Gasteiger partial charge in [0.15, 0.2) is 22.3 Å². The number of fused-ring (bicyclic) bond motifs is 1. The number of hydrogen-bond donors (Lipinski definition) is 2. The molecule has 2 aromatic heterocycles. The summed E-state index contributed by atoms with van der Waals surface area (Å²) in [6.07, 6.45) is 3.66. The van der Waals surface area contributed by atoms with Gasteiger partial charge in [-0.25, -0.2) is 14.6 Å². The van der Waals surface area contributed by atoms with E-state index in [9.17, 15) is 4.79 Å². The van der Waals surface area contributed by atoms with E-state index >= 15 is 0 Å². The molecule has 3 rings (SSSR count). The van der Waals surface area contributed by atoms with Crippen LogP contribution in [0, 0.1) is 0 Å². The number of aromatic nitrogens is 4. The van der Waals surface area contributed by atoms with Crippen molar-refractivity contribution in [3.8, 4) is 11.5 Å². The number of amides is 1. The van der Waals surface area contributed by atoms with Crippen LogP contribution < -0.4 is 20.1 Å². The summed E-state index contributed by atoms with van der Waals surface area (Å²) in [7, 11) is 1.65. The van der Waals surface area contributed by atoms with Crippen LogP contribution in [0.3, 0.4) is 0 Å². The zero-order chi connectivity index (χ0) is 23.6. The molecule has 33 heavy (non-hydrogen) atoms. The molecule has 0 saturated carbocycles. The topological polar surface area (TPSA) is 112 Å². The highest BCUT2D eigenvalue weighted by atomic mass is 32.2. The Hall–Kier alpha value is -3.05. The Morgan fingerprint density at radius 2 is 1.91 bits per heavy atom. The lowest BCUT2D eigenvalue weighted by atomic mass is 10.2. The number of carbonyl (C=O) groups excluding carboxylic acids is 1. The highest BCUT2D eigenvalue weighted by Gasteiger charge is 2.14. The van der Waals surface area contributed by atoms with E-state index in [4.69, 9.17) is 14.2 Å². The fourth-order valence-electron chi connectivity index (χ4n) is 3.17. The first-order valence-corrected chi connectivity index (χ1v) is 12.0. The maximum atomic E-state index is 12.7. The summed E-state index contributed by atoms with van der Waals surface area (Å²) in [6.45, 7) is 6.85. The number of carbonyl (C=O) groups is 1. The van der Waals surface area contributed by atoms with Crippen LogP contribution in [-0.4, -0.2) is 71.9 Å². The SMILES string of the molecule is CCOc1ccc(C(=O)NCCn2ncc3c(NCCOC)nc(SC)nc32)cc1OCC. The van der Waals surface area contributed by atoms with E-state index in [0.717, 1.165) is 11.2 Å². The van der Waals surface area contributed by atoms with Crippen molar-refractivity contribution in [1.82, 2.24) is 25.1 Å². The van der Waals surface area contributed by atoms with Gasteiger partial charge in [0, 0.05) is 25.8 Å². The molecule has 0 fully saturated rings. The first kappa shape index (κ1) is 24.6. The highest BCUT2D eigenvalue weighted by molar-refractivity contribution is 7.98. The van der Waals surface area contributed by atoms with Gasteiger partial charge in [-0.3, -0.25) is 4.79 Å². The first-order valence-electron chi connectivity index (χ1n) is 10.8. The van der Waals surface area contributed by atoms with E-state index < -0.39 is 0 Å². The summed E-state index contributed by atoms with van der Waals surface area (Å²) in [5, 5.41) is 12.1. The molecule has 0 aliphatic rings. The minimum absolute atomic E-state index is 0.197. The smallest absolute Gasteiger partial charge is 0.251 e. The molecule has 0 unspecified atom stereocenters. The number of nitrogens with zero attached hydrogens (tertiary/aromatic N) is 4. The van der Waals surface area contributed by atoms with Gasteiger partial charge < -0.3 is 24.8 Å². The van der Waals surface area contributed by atoms with Crippen LogP contribution in [0.5, 0.6) is 11.5 Å². The normalized spacial score (nSPS) is 10.9. The summed E-state index contributed by atoms with van der Waals surface area (Å²) < 4.78 is 18.0. The molecule has 1 amide bonds. The predicted octanol–water partition coefficient (Wildman–Crippen LogP) is 2.83. The largest absolute Gasteiger partial charge is 0.490 e. The van der Waals surface area contributed by atoms with E-state index in [1.165, 1.54) is 11.8 Å². The number of nitrogens with one attached hydrogen (secondary N) is 2. The van der Waals surface area contributed by atoms with Crippen LogP contribution in [0.1, 0.15) is 24.2 Å². The number of anilines is 1. The Balaban J connectivity index is 1.68. The van der Waals surface area contributed by atoms with Crippen molar-refractivity contribution in [1.29, 1.82) is 0 Å². The maximum absolute atomic E-state index is 12.7. The summed E-state index contributed by atoms with van der Waals surface area (Å²) >= 11 is 1.46. The summed E-state index contributed by atoms with van der Waals surface area (Å²) in [4.78, 5) is 21.8. The molecule has 1 aromatic carbocycles. The number of rotatable bonds is 13. The van der Waals surface area contributed by atoms with Gasteiger partial charge in [0.25, 0.3) is 5.91 Å².